The van der Waals surface area contributed by atoms with Gasteiger partial charge in [-0.25, -0.2) is 0 Å². The molecule has 1 aromatic heterocycles. The second kappa shape index (κ2) is 8.93. The number of ketones is 1. The maximum absolute atomic E-state index is 12.5. The zero-order chi connectivity index (χ0) is 20.8. The minimum Gasteiger partial charge on any atom is -0.322 e. The van der Waals surface area contributed by atoms with Crippen LogP contribution in [-0.2, 0) is 6.42 Å². The number of benzene rings is 2. The summed E-state index contributed by atoms with van der Waals surface area (Å²) >= 11 is 0. The smallest absolute Gasteiger partial charge is 0.274 e. The van der Waals surface area contributed by atoms with Crippen molar-refractivity contribution in [3.63, 3.8) is 0 Å². The first-order valence-electron chi connectivity index (χ1n) is 9.25. The van der Waals surface area contributed by atoms with Crippen molar-refractivity contribution in [2.45, 2.75) is 20.3 Å². The molecule has 3 aromatic rings. The fraction of sp³-hybridized carbons (Fsp3) is 0.130. The number of anilines is 2. The van der Waals surface area contributed by atoms with Gasteiger partial charge in [0.2, 0.25) is 0 Å². The van der Waals surface area contributed by atoms with Gasteiger partial charge < -0.3 is 10.6 Å². The summed E-state index contributed by atoms with van der Waals surface area (Å²) in [6, 6.07) is 17.1. The van der Waals surface area contributed by atoms with Crippen molar-refractivity contribution in [3.8, 4) is 0 Å². The first-order valence-corrected chi connectivity index (χ1v) is 9.25. The number of rotatable bonds is 6. The summed E-state index contributed by atoms with van der Waals surface area (Å²) in [5.41, 5.74) is 3.41. The summed E-state index contributed by atoms with van der Waals surface area (Å²) in [6.45, 7) is 3.54. The van der Waals surface area contributed by atoms with Gasteiger partial charge >= 0.3 is 0 Å². The Kier molecular flexibility index (Phi) is 6.14. The molecule has 146 valence electrons. The second-order valence-corrected chi connectivity index (χ2v) is 6.52. The fourth-order valence-electron chi connectivity index (χ4n) is 2.71. The number of aromatic nitrogens is 1. The first-order chi connectivity index (χ1) is 14.0. The third kappa shape index (κ3) is 5.13. The minimum absolute atomic E-state index is 0.0444. The molecule has 0 unspecified atom stereocenters. The molecule has 0 aliphatic heterocycles. The molecule has 0 saturated heterocycles. The number of nitrogens with zero attached hydrogens (tertiary/aromatic N) is 1. The Bertz CT molecular complexity index is 1040. The van der Waals surface area contributed by atoms with E-state index in [4.69, 9.17) is 0 Å². The van der Waals surface area contributed by atoms with E-state index >= 15 is 0 Å². The van der Waals surface area contributed by atoms with Gasteiger partial charge in [-0.15, -0.1) is 0 Å². The number of Topliss-reactive ketones (excluding diaryl/α,β-unsaturated/α-hetero) is 1. The monoisotopic (exact) mass is 387 g/mol. The number of nitrogens with one attached hydrogen (secondary N) is 2. The second-order valence-electron chi connectivity index (χ2n) is 6.52. The highest BCUT2D eigenvalue weighted by molar-refractivity contribution is 6.08. The molecule has 2 aromatic carbocycles. The Morgan fingerprint density at radius 1 is 0.793 bits per heavy atom. The topological polar surface area (TPSA) is 88.2 Å². The standard InChI is InChI=1S/C23H21N3O3/c1-3-16-4-8-19(9-5-16)26-23(29)21-14-18(12-13-24-21)22(28)25-20-10-6-17(7-11-20)15(2)27/h4-14H,3H2,1-2H3,(H,25,28)(H,26,29). The van der Waals surface area contributed by atoms with Gasteiger partial charge in [0.1, 0.15) is 5.69 Å². The van der Waals surface area contributed by atoms with Crippen LogP contribution in [0.2, 0.25) is 0 Å². The van der Waals surface area contributed by atoms with Gasteiger partial charge in [0.15, 0.2) is 5.78 Å². The molecule has 29 heavy (non-hydrogen) atoms. The lowest BCUT2D eigenvalue weighted by molar-refractivity contribution is 0.100. The molecule has 1 heterocycles. The molecule has 0 aliphatic rings. The summed E-state index contributed by atoms with van der Waals surface area (Å²) in [5.74, 6) is -0.809. The number of aryl methyl sites for hydroxylation is 1. The predicted octanol–water partition coefficient (Wildman–Crippen LogP) is 4.35. The van der Waals surface area contributed by atoms with Crippen LogP contribution in [0.5, 0.6) is 0 Å². The highest BCUT2D eigenvalue weighted by Crippen LogP contribution is 2.14. The molecule has 2 N–H and O–H groups in total. The quantitative estimate of drug-likeness (QED) is 0.616. The van der Waals surface area contributed by atoms with E-state index in [0.29, 0.717) is 22.5 Å². The van der Waals surface area contributed by atoms with Crippen LogP contribution in [0.1, 0.15) is 50.6 Å². The summed E-state index contributed by atoms with van der Waals surface area (Å²) in [5, 5.41) is 5.52. The number of carbonyl (C=O) groups is 3. The van der Waals surface area contributed by atoms with Crippen LogP contribution in [0, 0.1) is 0 Å². The third-order valence-electron chi connectivity index (χ3n) is 4.42. The number of carbonyl (C=O) groups excluding carboxylic acids is 3. The van der Waals surface area contributed by atoms with Crippen molar-refractivity contribution in [2.24, 2.45) is 0 Å². The van der Waals surface area contributed by atoms with Gasteiger partial charge in [-0.05, 0) is 67.4 Å². The SMILES string of the molecule is CCc1ccc(NC(=O)c2cc(C(=O)Nc3ccc(C(C)=O)cc3)ccn2)cc1. The fourth-order valence-corrected chi connectivity index (χ4v) is 2.71. The van der Waals surface area contributed by atoms with Gasteiger partial charge in [-0.3, -0.25) is 19.4 Å². The molecule has 2 amide bonds. The van der Waals surface area contributed by atoms with Gasteiger partial charge in [-0.1, -0.05) is 19.1 Å². The van der Waals surface area contributed by atoms with Crippen molar-refractivity contribution in [3.05, 3.63) is 89.2 Å². The van der Waals surface area contributed by atoms with Crippen molar-refractivity contribution < 1.29 is 14.4 Å². The molecule has 0 fully saturated rings. The van der Waals surface area contributed by atoms with E-state index in [1.54, 1.807) is 24.3 Å². The zero-order valence-electron chi connectivity index (χ0n) is 16.2. The maximum atomic E-state index is 12.5. The lowest BCUT2D eigenvalue weighted by atomic mass is 10.1. The summed E-state index contributed by atoms with van der Waals surface area (Å²) in [7, 11) is 0. The Morgan fingerprint density at radius 2 is 1.38 bits per heavy atom. The normalized spacial score (nSPS) is 10.3. The van der Waals surface area contributed by atoms with Crippen LogP contribution >= 0.6 is 0 Å². The zero-order valence-corrected chi connectivity index (χ0v) is 16.2. The van der Waals surface area contributed by atoms with E-state index in [1.165, 1.54) is 30.8 Å². The highest BCUT2D eigenvalue weighted by atomic mass is 16.2. The lowest BCUT2D eigenvalue weighted by Crippen LogP contribution is -2.17. The molecular formula is C23H21N3O3. The van der Waals surface area contributed by atoms with Crippen LogP contribution in [0.15, 0.2) is 66.9 Å². The predicted molar refractivity (Wildman–Crippen MR) is 112 cm³/mol. The average Bonchev–Trinajstić information content (AvgIpc) is 2.74. The third-order valence-corrected chi connectivity index (χ3v) is 4.42. The molecule has 0 saturated carbocycles. The Hall–Kier alpha value is -3.80. The number of amides is 2. The van der Waals surface area contributed by atoms with Crippen LogP contribution < -0.4 is 10.6 Å². The van der Waals surface area contributed by atoms with E-state index in [9.17, 15) is 14.4 Å². The molecule has 0 atom stereocenters. The molecule has 6 heteroatoms. The average molecular weight is 387 g/mol. The molecule has 0 aliphatic carbocycles. The molecule has 0 bridgehead atoms. The van der Waals surface area contributed by atoms with Crippen molar-refractivity contribution in [1.29, 1.82) is 0 Å². The largest absolute Gasteiger partial charge is 0.322 e. The lowest BCUT2D eigenvalue weighted by Gasteiger charge is -2.08. The highest BCUT2D eigenvalue weighted by Gasteiger charge is 2.13. The van der Waals surface area contributed by atoms with Crippen LogP contribution in [0.4, 0.5) is 11.4 Å². The van der Waals surface area contributed by atoms with E-state index in [0.717, 1.165) is 6.42 Å². The van der Waals surface area contributed by atoms with Crippen molar-refractivity contribution in [2.75, 3.05) is 10.6 Å². The van der Waals surface area contributed by atoms with Gasteiger partial charge in [0, 0.05) is 28.7 Å². The number of pyridine rings is 1. The van der Waals surface area contributed by atoms with E-state index in [1.807, 2.05) is 24.3 Å². The summed E-state index contributed by atoms with van der Waals surface area (Å²) in [6.07, 6.45) is 2.34. The number of hydrogen-bond donors (Lipinski definition) is 2. The minimum atomic E-state index is -0.394. The molecule has 3 rings (SSSR count). The van der Waals surface area contributed by atoms with Crippen LogP contribution in [0.25, 0.3) is 0 Å². The van der Waals surface area contributed by atoms with Gasteiger partial charge in [0.25, 0.3) is 11.8 Å². The maximum Gasteiger partial charge on any atom is 0.274 e. The molecule has 0 spiro atoms. The summed E-state index contributed by atoms with van der Waals surface area (Å²) in [4.78, 5) is 40.4. The molecular weight excluding hydrogens is 366 g/mol. The Morgan fingerprint density at radius 3 is 1.97 bits per heavy atom. The van der Waals surface area contributed by atoms with Gasteiger partial charge in [0.05, 0.1) is 0 Å². The Balaban J connectivity index is 1.69. The summed E-state index contributed by atoms with van der Waals surface area (Å²) < 4.78 is 0. The van der Waals surface area contributed by atoms with E-state index < -0.39 is 5.91 Å². The van der Waals surface area contributed by atoms with E-state index in [-0.39, 0.29) is 17.4 Å². The molecule has 6 nitrogen and oxygen atoms in total. The molecule has 0 radical (unpaired) electrons. The van der Waals surface area contributed by atoms with Gasteiger partial charge in [-0.2, -0.15) is 0 Å². The van der Waals surface area contributed by atoms with E-state index in [2.05, 4.69) is 22.5 Å². The van der Waals surface area contributed by atoms with Crippen LogP contribution in [0.3, 0.4) is 0 Å². The first kappa shape index (κ1) is 19.9. The van der Waals surface area contributed by atoms with Crippen molar-refractivity contribution >= 4 is 29.0 Å². The number of hydrogen-bond acceptors (Lipinski definition) is 4. The Labute approximate surface area is 169 Å². The van der Waals surface area contributed by atoms with Crippen LogP contribution in [-0.4, -0.2) is 22.6 Å². The van der Waals surface area contributed by atoms with Crippen molar-refractivity contribution in [1.82, 2.24) is 4.98 Å².